The van der Waals surface area contributed by atoms with Gasteiger partial charge in [0, 0.05) is 43.8 Å². The van der Waals surface area contributed by atoms with Crippen LogP contribution in [0, 0.1) is 6.92 Å². The zero-order valence-corrected chi connectivity index (χ0v) is 14.1. The van der Waals surface area contributed by atoms with Crippen molar-refractivity contribution in [2.45, 2.75) is 26.1 Å². The second kappa shape index (κ2) is 7.21. The van der Waals surface area contributed by atoms with Crippen LogP contribution < -0.4 is 0 Å². The summed E-state index contributed by atoms with van der Waals surface area (Å²) in [6, 6.07) is 6.18. The van der Waals surface area contributed by atoms with Gasteiger partial charge in [0.2, 0.25) is 0 Å². The molecule has 3 rings (SSSR count). The first-order chi connectivity index (χ1) is 11.1. The Morgan fingerprint density at radius 1 is 1.39 bits per heavy atom. The van der Waals surface area contributed by atoms with Gasteiger partial charge in [0.05, 0.1) is 12.3 Å². The smallest absolute Gasteiger partial charge is 0.136 e. The highest BCUT2D eigenvalue weighted by Crippen LogP contribution is 2.21. The minimum atomic E-state index is 0.00414. The van der Waals surface area contributed by atoms with Crippen molar-refractivity contribution in [1.82, 2.24) is 24.8 Å². The molecule has 0 amide bonds. The van der Waals surface area contributed by atoms with Gasteiger partial charge in [-0.05, 0) is 33.2 Å². The van der Waals surface area contributed by atoms with Crippen LogP contribution in [0.1, 0.15) is 29.0 Å². The number of nitrogens with zero attached hydrogens (tertiary/aromatic N) is 4. The summed E-state index contributed by atoms with van der Waals surface area (Å²) >= 11 is 0. The molecule has 0 unspecified atom stereocenters. The predicted molar refractivity (Wildman–Crippen MR) is 88.9 cm³/mol. The molecule has 6 nitrogen and oxygen atoms in total. The molecule has 0 radical (unpaired) electrons. The summed E-state index contributed by atoms with van der Waals surface area (Å²) in [6.45, 7) is 6.23. The predicted octanol–water partition coefficient (Wildman–Crippen LogP) is 1.75. The molecule has 1 atom stereocenters. The van der Waals surface area contributed by atoms with Crippen molar-refractivity contribution in [3.8, 4) is 0 Å². The van der Waals surface area contributed by atoms with Crippen LogP contribution in [0.5, 0.6) is 0 Å². The SMILES string of the molecule is Cc1cccc(CN2CCO[C@H](c3ncc(CN(C)C)[nH]3)C2)n1. The molecule has 1 aliphatic rings. The van der Waals surface area contributed by atoms with Crippen molar-refractivity contribution in [2.75, 3.05) is 33.8 Å². The number of hydrogen-bond acceptors (Lipinski definition) is 5. The molecule has 0 aliphatic carbocycles. The second-order valence-electron chi connectivity index (χ2n) is 6.40. The van der Waals surface area contributed by atoms with E-state index in [0.717, 1.165) is 55.7 Å². The van der Waals surface area contributed by atoms with Crippen molar-refractivity contribution < 1.29 is 4.74 Å². The maximum atomic E-state index is 5.90. The molecular weight excluding hydrogens is 290 g/mol. The number of rotatable bonds is 5. The Labute approximate surface area is 137 Å². The fraction of sp³-hybridized carbons (Fsp3) is 0.529. The van der Waals surface area contributed by atoms with Crippen LogP contribution in [0.15, 0.2) is 24.4 Å². The van der Waals surface area contributed by atoms with E-state index in [0.29, 0.717) is 0 Å². The maximum Gasteiger partial charge on any atom is 0.136 e. The highest BCUT2D eigenvalue weighted by molar-refractivity contribution is 5.10. The topological polar surface area (TPSA) is 57.3 Å². The Balaban J connectivity index is 1.62. The summed E-state index contributed by atoms with van der Waals surface area (Å²) < 4.78 is 5.90. The van der Waals surface area contributed by atoms with Crippen molar-refractivity contribution in [1.29, 1.82) is 0 Å². The van der Waals surface area contributed by atoms with Crippen LogP contribution in [-0.4, -0.2) is 58.5 Å². The number of aromatic amines is 1. The summed E-state index contributed by atoms with van der Waals surface area (Å²) in [7, 11) is 4.10. The summed E-state index contributed by atoms with van der Waals surface area (Å²) in [5, 5.41) is 0. The third-order valence-corrected chi connectivity index (χ3v) is 3.92. The quantitative estimate of drug-likeness (QED) is 0.911. The Morgan fingerprint density at radius 3 is 3.04 bits per heavy atom. The fourth-order valence-electron chi connectivity index (χ4n) is 2.89. The van der Waals surface area contributed by atoms with Gasteiger partial charge in [-0.25, -0.2) is 4.98 Å². The molecular formula is C17H25N5O. The van der Waals surface area contributed by atoms with Crippen molar-refractivity contribution in [3.63, 3.8) is 0 Å². The minimum Gasteiger partial charge on any atom is -0.368 e. The molecule has 2 aromatic rings. The second-order valence-corrected chi connectivity index (χ2v) is 6.40. The van der Waals surface area contributed by atoms with Crippen LogP contribution in [0.25, 0.3) is 0 Å². The van der Waals surface area contributed by atoms with E-state index in [4.69, 9.17) is 4.74 Å². The summed E-state index contributed by atoms with van der Waals surface area (Å²) in [5.41, 5.74) is 3.29. The third kappa shape index (κ3) is 4.37. The molecule has 1 saturated heterocycles. The molecule has 1 N–H and O–H groups in total. The molecule has 0 spiro atoms. The number of nitrogens with one attached hydrogen (secondary N) is 1. The number of aromatic nitrogens is 3. The molecule has 2 aromatic heterocycles. The van der Waals surface area contributed by atoms with Crippen LogP contribution in [0.3, 0.4) is 0 Å². The van der Waals surface area contributed by atoms with Gasteiger partial charge in [0.25, 0.3) is 0 Å². The lowest BCUT2D eigenvalue weighted by Gasteiger charge is -2.31. The number of morpholine rings is 1. The van der Waals surface area contributed by atoms with Crippen LogP contribution in [0.4, 0.5) is 0 Å². The van der Waals surface area contributed by atoms with Crippen molar-refractivity contribution in [3.05, 3.63) is 47.3 Å². The maximum absolute atomic E-state index is 5.90. The number of pyridine rings is 1. The Hall–Kier alpha value is -1.76. The average Bonchev–Trinajstić information content (AvgIpc) is 2.95. The zero-order chi connectivity index (χ0) is 16.2. The van der Waals surface area contributed by atoms with Gasteiger partial charge in [0.15, 0.2) is 0 Å². The Kier molecular flexibility index (Phi) is 5.05. The van der Waals surface area contributed by atoms with E-state index in [1.54, 1.807) is 0 Å². The minimum absolute atomic E-state index is 0.00414. The van der Waals surface area contributed by atoms with Crippen LogP contribution in [0.2, 0.25) is 0 Å². The molecule has 6 heteroatoms. The van der Waals surface area contributed by atoms with E-state index < -0.39 is 0 Å². The van der Waals surface area contributed by atoms with Gasteiger partial charge in [-0.1, -0.05) is 6.07 Å². The van der Waals surface area contributed by atoms with E-state index in [1.165, 1.54) is 0 Å². The molecule has 124 valence electrons. The Bertz CT molecular complexity index is 639. The number of imidazole rings is 1. The third-order valence-electron chi connectivity index (χ3n) is 3.92. The van der Waals surface area contributed by atoms with E-state index in [-0.39, 0.29) is 6.10 Å². The lowest BCUT2D eigenvalue weighted by molar-refractivity contribution is -0.0372. The molecule has 1 aliphatic heterocycles. The van der Waals surface area contributed by atoms with E-state index in [1.807, 2.05) is 33.3 Å². The summed E-state index contributed by atoms with van der Waals surface area (Å²) in [5.74, 6) is 0.920. The van der Waals surface area contributed by atoms with E-state index in [2.05, 4.69) is 36.9 Å². The molecule has 0 aromatic carbocycles. The van der Waals surface area contributed by atoms with Crippen LogP contribution >= 0.6 is 0 Å². The molecule has 0 bridgehead atoms. The number of H-pyrrole nitrogens is 1. The normalized spacial score (nSPS) is 19.4. The zero-order valence-electron chi connectivity index (χ0n) is 14.1. The van der Waals surface area contributed by atoms with Crippen molar-refractivity contribution in [2.24, 2.45) is 0 Å². The lowest BCUT2D eigenvalue weighted by atomic mass is 10.2. The number of aryl methyl sites for hydroxylation is 1. The van der Waals surface area contributed by atoms with Gasteiger partial charge >= 0.3 is 0 Å². The largest absolute Gasteiger partial charge is 0.368 e. The standard InChI is InChI=1S/C17H25N5O/c1-13-5-4-6-14(19-13)11-22-7-8-23-16(12-22)17-18-9-15(20-17)10-21(2)3/h4-6,9,16H,7-8,10-12H2,1-3H3,(H,18,20)/t16-/m0/s1. The molecule has 23 heavy (non-hydrogen) atoms. The Morgan fingerprint density at radius 2 is 2.26 bits per heavy atom. The summed E-state index contributed by atoms with van der Waals surface area (Å²) in [6.07, 6.45) is 1.91. The van der Waals surface area contributed by atoms with Crippen LogP contribution in [-0.2, 0) is 17.8 Å². The first-order valence-electron chi connectivity index (χ1n) is 8.05. The highest BCUT2D eigenvalue weighted by Gasteiger charge is 2.24. The molecule has 3 heterocycles. The lowest BCUT2D eigenvalue weighted by Crippen LogP contribution is -2.38. The van der Waals surface area contributed by atoms with E-state index >= 15 is 0 Å². The highest BCUT2D eigenvalue weighted by atomic mass is 16.5. The summed E-state index contributed by atoms with van der Waals surface area (Å²) in [4.78, 5) is 17.0. The first kappa shape index (κ1) is 16.1. The van der Waals surface area contributed by atoms with Gasteiger partial charge < -0.3 is 14.6 Å². The van der Waals surface area contributed by atoms with E-state index in [9.17, 15) is 0 Å². The van der Waals surface area contributed by atoms with Crippen molar-refractivity contribution >= 4 is 0 Å². The van der Waals surface area contributed by atoms with Gasteiger partial charge in [-0.2, -0.15) is 0 Å². The fourth-order valence-corrected chi connectivity index (χ4v) is 2.89. The molecule has 0 saturated carbocycles. The van der Waals surface area contributed by atoms with Gasteiger partial charge in [-0.3, -0.25) is 9.88 Å². The van der Waals surface area contributed by atoms with Gasteiger partial charge in [-0.15, -0.1) is 0 Å². The first-order valence-corrected chi connectivity index (χ1v) is 8.05. The number of hydrogen-bond donors (Lipinski definition) is 1. The number of ether oxygens (including phenoxy) is 1. The average molecular weight is 315 g/mol. The van der Waals surface area contributed by atoms with Gasteiger partial charge in [0.1, 0.15) is 11.9 Å². The monoisotopic (exact) mass is 315 g/mol. The molecule has 1 fully saturated rings.